The average molecular weight is 879 g/mol. The molecule has 4 amide bonds. The monoisotopic (exact) mass is 878 g/mol. The van der Waals surface area contributed by atoms with E-state index in [0.29, 0.717) is 47.0 Å². The first kappa shape index (κ1) is 41.5. The third-order valence-corrected chi connectivity index (χ3v) is 12.9. The number of nitrogens with zero attached hydrogens (tertiary/aromatic N) is 9. The molecule has 3 aromatic carbocycles. The number of halogens is 1. The third-order valence-electron chi connectivity index (χ3n) is 12.9. The molecule has 4 N–H and O–H groups in total. The van der Waals surface area contributed by atoms with Crippen LogP contribution in [0.3, 0.4) is 0 Å². The molecular weight excluding hydrogens is 832 g/mol. The molecule has 0 spiro atoms. The molecule has 3 fully saturated rings. The SMILES string of the molecule is COc1ccc(F)cc1C(=O)NCc1ccc(-c2nn(-c3ccc(N4CCC(CN5CCN(c6ccc7c(c6)CN(C6CCC(=O)NC6=O)C7=O)CC5)C4)nc3)c3ncnc(N)c23)cc1. The van der Waals surface area contributed by atoms with Crippen LogP contribution in [-0.2, 0) is 22.7 Å². The summed E-state index contributed by atoms with van der Waals surface area (Å²) >= 11 is 0. The van der Waals surface area contributed by atoms with Crippen LogP contribution in [-0.4, -0.2) is 117 Å². The van der Waals surface area contributed by atoms with Crippen LogP contribution >= 0.6 is 0 Å². The number of aromatic nitrogens is 5. The molecule has 0 saturated carbocycles. The van der Waals surface area contributed by atoms with Crippen molar-refractivity contribution in [2.45, 2.75) is 38.4 Å². The zero-order valence-electron chi connectivity index (χ0n) is 35.7. The third kappa shape index (κ3) is 8.16. The molecule has 4 aliphatic heterocycles. The number of anilines is 3. The number of benzene rings is 3. The Labute approximate surface area is 373 Å². The number of methoxy groups -OCH3 is 1. The molecule has 0 radical (unpaired) electrons. The number of nitrogens with two attached hydrogens (primary N) is 1. The molecule has 7 heterocycles. The average Bonchev–Trinajstić information content (AvgIpc) is 4.05. The van der Waals surface area contributed by atoms with Gasteiger partial charge >= 0.3 is 0 Å². The summed E-state index contributed by atoms with van der Waals surface area (Å²) in [7, 11) is 1.43. The minimum Gasteiger partial charge on any atom is -0.496 e. The van der Waals surface area contributed by atoms with Crippen LogP contribution < -0.4 is 30.9 Å². The molecule has 2 atom stereocenters. The molecule has 4 aliphatic rings. The van der Waals surface area contributed by atoms with Gasteiger partial charge in [-0.15, -0.1) is 0 Å². The molecule has 18 heteroatoms. The van der Waals surface area contributed by atoms with Crippen LogP contribution in [0.25, 0.3) is 28.0 Å². The molecule has 0 bridgehead atoms. The topological polar surface area (TPSA) is 197 Å². The number of piperazine rings is 1. The number of pyridine rings is 1. The van der Waals surface area contributed by atoms with E-state index < -0.39 is 23.7 Å². The lowest BCUT2D eigenvalue weighted by atomic mass is 10.0. The van der Waals surface area contributed by atoms with Crippen molar-refractivity contribution in [3.05, 3.63) is 113 Å². The van der Waals surface area contributed by atoms with Crippen LogP contribution in [0.5, 0.6) is 5.75 Å². The highest BCUT2D eigenvalue weighted by Gasteiger charge is 2.39. The maximum atomic E-state index is 13.9. The fourth-order valence-corrected chi connectivity index (χ4v) is 9.46. The first-order valence-electron chi connectivity index (χ1n) is 21.8. The number of nitrogens with one attached hydrogen (secondary N) is 2. The van der Waals surface area contributed by atoms with Gasteiger partial charge in [0.05, 0.1) is 29.9 Å². The number of carbonyl (C=O) groups excluding carboxylic acids is 4. The number of fused-ring (bicyclic) bond motifs is 2. The molecule has 6 aromatic rings. The summed E-state index contributed by atoms with van der Waals surface area (Å²) in [5.74, 6) is 0.171. The second kappa shape index (κ2) is 17.2. The van der Waals surface area contributed by atoms with Crippen molar-refractivity contribution < 1.29 is 28.3 Å². The first-order valence-corrected chi connectivity index (χ1v) is 21.8. The molecule has 65 heavy (non-hydrogen) atoms. The van der Waals surface area contributed by atoms with E-state index in [1.54, 1.807) is 15.8 Å². The van der Waals surface area contributed by atoms with Crippen LogP contribution in [0, 0.1) is 11.7 Å². The maximum Gasteiger partial charge on any atom is 0.255 e. The van der Waals surface area contributed by atoms with Gasteiger partial charge in [0.25, 0.3) is 11.8 Å². The van der Waals surface area contributed by atoms with Crippen molar-refractivity contribution in [3.8, 4) is 22.7 Å². The Morgan fingerprint density at radius 1 is 0.908 bits per heavy atom. The van der Waals surface area contributed by atoms with E-state index in [1.807, 2.05) is 48.5 Å². The lowest BCUT2D eigenvalue weighted by Crippen LogP contribution is -2.52. The highest BCUT2D eigenvalue weighted by Crippen LogP contribution is 2.34. The van der Waals surface area contributed by atoms with Gasteiger partial charge in [-0.25, -0.2) is 24.0 Å². The molecule has 10 rings (SSSR count). The van der Waals surface area contributed by atoms with Crippen molar-refractivity contribution in [1.82, 2.24) is 45.2 Å². The lowest BCUT2D eigenvalue weighted by Gasteiger charge is -2.37. The van der Waals surface area contributed by atoms with Crippen LogP contribution in [0.2, 0.25) is 0 Å². The van der Waals surface area contributed by atoms with E-state index in [0.717, 1.165) is 92.2 Å². The van der Waals surface area contributed by atoms with Crippen molar-refractivity contribution >= 4 is 52.0 Å². The highest BCUT2D eigenvalue weighted by molar-refractivity contribution is 6.05. The summed E-state index contributed by atoms with van der Waals surface area (Å²) in [6.07, 6.45) is 4.88. The van der Waals surface area contributed by atoms with E-state index in [1.165, 1.54) is 25.6 Å². The van der Waals surface area contributed by atoms with E-state index in [2.05, 4.69) is 41.4 Å². The zero-order valence-corrected chi connectivity index (χ0v) is 35.7. The molecule has 17 nitrogen and oxygen atoms in total. The molecule has 3 saturated heterocycles. The van der Waals surface area contributed by atoms with Gasteiger partial charge in [0.2, 0.25) is 11.8 Å². The number of rotatable bonds is 11. The first-order chi connectivity index (χ1) is 31.6. The van der Waals surface area contributed by atoms with Gasteiger partial charge in [0, 0.05) is 82.1 Å². The number of hydrogen-bond acceptors (Lipinski definition) is 13. The smallest absolute Gasteiger partial charge is 0.255 e. The van der Waals surface area contributed by atoms with Gasteiger partial charge in [-0.1, -0.05) is 24.3 Å². The van der Waals surface area contributed by atoms with Gasteiger partial charge in [-0.3, -0.25) is 29.4 Å². The maximum absolute atomic E-state index is 13.9. The van der Waals surface area contributed by atoms with E-state index in [-0.39, 0.29) is 36.1 Å². The van der Waals surface area contributed by atoms with Crippen LogP contribution in [0.15, 0.2) is 85.3 Å². The standard InChI is InChI=1S/C47H47FN12O5/c1-65-38-11-6-32(48)21-36(38)45(62)51-22-28-2-4-30(5-3-28)42-41-43(49)52-27-53-44(41)60(55-42)34-8-12-39(50-23-34)58-15-14-29(25-58)24-56-16-18-57(19-17-56)33-7-9-35-31(20-33)26-59(47(35)64)37-10-13-40(61)54-46(37)63/h2-9,11-12,20-21,23,27,29,37H,10,13-19,22,24-26H2,1H3,(H,51,62)(H2,49,52,53)(H,54,61,63). The quantitative estimate of drug-likeness (QED) is 0.159. The zero-order chi connectivity index (χ0) is 44.8. The Kier molecular flexibility index (Phi) is 11.0. The number of ether oxygens (including phenoxy) is 1. The summed E-state index contributed by atoms with van der Waals surface area (Å²) in [6.45, 7) is 7.05. The summed E-state index contributed by atoms with van der Waals surface area (Å²) in [4.78, 5) is 72.7. The van der Waals surface area contributed by atoms with Gasteiger partial charge in [-0.2, -0.15) is 5.10 Å². The van der Waals surface area contributed by atoms with Crippen molar-refractivity contribution in [1.29, 1.82) is 0 Å². The molecule has 2 unspecified atom stereocenters. The van der Waals surface area contributed by atoms with Gasteiger partial charge in [-0.05, 0) is 78.4 Å². The normalized spacial score (nSPS) is 18.9. The van der Waals surface area contributed by atoms with Crippen molar-refractivity contribution in [2.24, 2.45) is 5.92 Å². The van der Waals surface area contributed by atoms with Crippen LogP contribution in [0.4, 0.5) is 21.7 Å². The minimum absolute atomic E-state index is 0.116. The predicted octanol–water partition coefficient (Wildman–Crippen LogP) is 3.95. The van der Waals surface area contributed by atoms with Crippen molar-refractivity contribution in [2.75, 3.05) is 68.5 Å². The molecule has 0 aliphatic carbocycles. The van der Waals surface area contributed by atoms with E-state index in [9.17, 15) is 23.6 Å². The lowest BCUT2D eigenvalue weighted by molar-refractivity contribution is -0.136. The molecule has 332 valence electrons. The summed E-state index contributed by atoms with van der Waals surface area (Å²) in [5.41, 5.74) is 12.7. The molecule has 3 aromatic heterocycles. The Bertz CT molecular complexity index is 2830. The van der Waals surface area contributed by atoms with Gasteiger partial charge in [0.1, 0.15) is 41.3 Å². The van der Waals surface area contributed by atoms with E-state index >= 15 is 0 Å². The Morgan fingerprint density at radius 2 is 1.72 bits per heavy atom. The largest absolute Gasteiger partial charge is 0.496 e. The fraction of sp³-hybridized carbons (Fsp3) is 0.319. The van der Waals surface area contributed by atoms with Crippen LogP contribution in [0.1, 0.15) is 51.1 Å². The number of amides is 4. The Hall–Kier alpha value is -7.47. The van der Waals surface area contributed by atoms with Crippen molar-refractivity contribution in [3.63, 3.8) is 0 Å². The number of hydrogen-bond donors (Lipinski definition) is 3. The predicted molar refractivity (Wildman–Crippen MR) is 240 cm³/mol. The summed E-state index contributed by atoms with van der Waals surface area (Å²) in [5, 5.41) is 10.8. The number of nitrogen functional groups attached to an aromatic ring is 1. The number of imide groups is 1. The second-order valence-electron chi connectivity index (χ2n) is 16.9. The van der Waals surface area contributed by atoms with Gasteiger partial charge < -0.3 is 30.5 Å². The summed E-state index contributed by atoms with van der Waals surface area (Å²) in [6, 6.07) is 20.7. The van der Waals surface area contributed by atoms with E-state index in [4.69, 9.17) is 20.6 Å². The second-order valence-corrected chi connectivity index (χ2v) is 16.9. The summed E-state index contributed by atoms with van der Waals surface area (Å²) < 4.78 is 20.8. The van der Waals surface area contributed by atoms with Gasteiger partial charge in [0.15, 0.2) is 5.65 Å². The highest BCUT2D eigenvalue weighted by atomic mass is 19.1. The number of carbonyl (C=O) groups is 4. The number of piperidine rings is 1. The Morgan fingerprint density at radius 3 is 2.49 bits per heavy atom. The Balaban J connectivity index is 0.744. The minimum atomic E-state index is -0.620. The fourth-order valence-electron chi connectivity index (χ4n) is 9.46. The molecular formula is C47H47FN12O5.